The molecule has 0 fully saturated rings. The molecule has 0 amide bonds. The Balaban J connectivity index is 2.98. The minimum atomic E-state index is -3.06. The van der Waals surface area contributed by atoms with Crippen molar-refractivity contribution < 1.29 is 18.3 Å². The number of carbonyl (C=O) groups is 1. The second-order valence-electron chi connectivity index (χ2n) is 4.15. The summed E-state index contributed by atoms with van der Waals surface area (Å²) in [5.74, 6) is -0.143. The minimum Gasteiger partial charge on any atom is -0.478 e. The van der Waals surface area contributed by atoms with Gasteiger partial charge in [0.25, 0.3) is 0 Å². The normalized spacial score (nSPS) is 11.6. The first kappa shape index (κ1) is 16.9. The van der Waals surface area contributed by atoms with Crippen molar-refractivity contribution >= 4 is 27.6 Å². The highest BCUT2D eigenvalue weighted by Gasteiger charge is 2.18. The van der Waals surface area contributed by atoms with Crippen molar-refractivity contribution in [1.29, 1.82) is 0 Å². The molecule has 0 unspecified atom stereocenters. The summed E-state index contributed by atoms with van der Waals surface area (Å²) in [7, 11) is -3.06. The maximum atomic E-state index is 11.4. The van der Waals surface area contributed by atoms with E-state index in [-0.39, 0.29) is 22.8 Å². The summed E-state index contributed by atoms with van der Waals surface area (Å²) in [5, 5.41) is 9.54. The molecular weight excluding hydrogens is 300 g/mol. The van der Waals surface area contributed by atoms with E-state index in [4.69, 9.17) is 0 Å². The molecule has 1 aromatic rings. The molecule has 112 valence electrons. The maximum Gasteiger partial charge on any atom is 0.340 e. The lowest BCUT2D eigenvalue weighted by molar-refractivity contribution is 0.0690. The van der Waals surface area contributed by atoms with Crippen LogP contribution < -0.4 is 0 Å². The van der Waals surface area contributed by atoms with Gasteiger partial charge < -0.3 is 5.11 Å². The molecule has 0 aliphatic rings. The zero-order valence-corrected chi connectivity index (χ0v) is 13.3. The molecule has 0 bridgehead atoms. The monoisotopic (exact) mass is 318 g/mol. The average molecular weight is 318 g/mol. The van der Waals surface area contributed by atoms with Gasteiger partial charge in [0.15, 0.2) is 9.84 Å². The van der Waals surface area contributed by atoms with Crippen molar-refractivity contribution in [2.75, 3.05) is 17.3 Å². The second kappa shape index (κ2) is 7.03. The first-order valence-electron chi connectivity index (χ1n) is 6.24. The van der Waals surface area contributed by atoms with Crippen molar-refractivity contribution in [3.8, 4) is 0 Å². The van der Waals surface area contributed by atoms with E-state index in [1.54, 1.807) is 13.8 Å². The van der Waals surface area contributed by atoms with Crippen LogP contribution in [-0.2, 0) is 16.3 Å². The number of aryl methyl sites for hydroxylation is 2. The highest BCUT2D eigenvalue weighted by atomic mass is 32.2. The third kappa shape index (κ3) is 4.45. The molecule has 0 aliphatic carbocycles. The molecule has 1 aromatic heterocycles. The predicted octanol–water partition coefficient (Wildman–Crippen LogP) is 1.57. The van der Waals surface area contributed by atoms with Gasteiger partial charge in [0, 0.05) is 17.9 Å². The number of nitrogens with zero attached hydrogens (tertiary/aromatic N) is 2. The molecule has 8 heteroatoms. The average Bonchev–Trinajstić information content (AvgIpc) is 2.37. The number of carboxylic acids is 1. The summed E-state index contributed by atoms with van der Waals surface area (Å²) in [6.07, 6.45) is 0.599. The topological polar surface area (TPSA) is 97.2 Å². The van der Waals surface area contributed by atoms with Gasteiger partial charge in [-0.2, -0.15) is 0 Å². The molecule has 1 rings (SSSR count). The molecule has 1 heterocycles. The second-order valence-corrected chi connectivity index (χ2v) is 7.71. The van der Waals surface area contributed by atoms with Gasteiger partial charge in [-0.15, -0.1) is 11.8 Å². The number of hydrogen-bond acceptors (Lipinski definition) is 6. The van der Waals surface area contributed by atoms with Gasteiger partial charge in [0.1, 0.15) is 16.4 Å². The highest BCUT2D eigenvalue weighted by molar-refractivity contribution is 8.00. The van der Waals surface area contributed by atoms with E-state index < -0.39 is 15.8 Å². The number of carboxylic acid groups (broad SMARTS) is 1. The lowest BCUT2D eigenvalue weighted by atomic mass is 10.2. The van der Waals surface area contributed by atoms with Crippen LogP contribution in [0.1, 0.15) is 35.7 Å². The van der Waals surface area contributed by atoms with E-state index in [9.17, 15) is 18.3 Å². The van der Waals surface area contributed by atoms with Crippen LogP contribution >= 0.6 is 11.8 Å². The largest absolute Gasteiger partial charge is 0.478 e. The van der Waals surface area contributed by atoms with Gasteiger partial charge in [0.2, 0.25) is 0 Å². The van der Waals surface area contributed by atoms with Gasteiger partial charge in [-0.3, -0.25) is 0 Å². The van der Waals surface area contributed by atoms with E-state index in [0.717, 1.165) is 11.8 Å². The molecule has 0 aliphatic heterocycles. The Bertz CT molecular complexity index is 600. The number of rotatable bonds is 7. The zero-order valence-electron chi connectivity index (χ0n) is 11.7. The number of aromatic nitrogens is 2. The van der Waals surface area contributed by atoms with E-state index in [2.05, 4.69) is 9.97 Å². The van der Waals surface area contributed by atoms with Crippen molar-refractivity contribution in [1.82, 2.24) is 9.97 Å². The number of aromatic carboxylic acids is 1. The fraction of sp³-hybridized carbons (Fsp3) is 0.583. The van der Waals surface area contributed by atoms with Crippen LogP contribution in [0, 0.1) is 6.92 Å². The van der Waals surface area contributed by atoms with Crippen LogP contribution in [0.5, 0.6) is 0 Å². The van der Waals surface area contributed by atoms with E-state index in [1.165, 1.54) is 0 Å². The Hall–Kier alpha value is -1.15. The summed E-state index contributed by atoms with van der Waals surface area (Å²) >= 11 is 1.15. The Morgan fingerprint density at radius 2 is 1.95 bits per heavy atom. The fourth-order valence-corrected chi connectivity index (χ4v) is 3.90. The predicted molar refractivity (Wildman–Crippen MR) is 78.2 cm³/mol. The molecule has 0 saturated carbocycles. The third-order valence-electron chi connectivity index (χ3n) is 2.71. The summed E-state index contributed by atoms with van der Waals surface area (Å²) in [6, 6.07) is 0. The van der Waals surface area contributed by atoms with Gasteiger partial charge in [0.05, 0.1) is 11.4 Å². The van der Waals surface area contributed by atoms with Gasteiger partial charge in [-0.25, -0.2) is 23.2 Å². The molecular formula is C12H18N2O4S2. The first-order chi connectivity index (χ1) is 9.30. The summed E-state index contributed by atoms with van der Waals surface area (Å²) in [6.45, 7) is 5.09. The van der Waals surface area contributed by atoms with Crippen LogP contribution in [-0.4, -0.2) is 46.7 Å². The third-order valence-corrected chi connectivity index (χ3v) is 5.65. The number of hydrogen-bond donors (Lipinski definition) is 1. The van der Waals surface area contributed by atoms with Crippen molar-refractivity contribution in [2.24, 2.45) is 0 Å². The van der Waals surface area contributed by atoms with Crippen LogP contribution in [0.15, 0.2) is 5.03 Å². The maximum absolute atomic E-state index is 11.4. The van der Waals surface area contributed by atoms with Crippen molar-refractivity contribution in [3.05, 3.63) is 17.1 Å². The summed E-state index contributed by atoms with van der Waals surface area (Å²) in [5.41, 5.74) is 0.464. The fourth-order valence-electron chi connectivity index (χ4n) is 1.52. The zero-order chi connectivity index (χ0) is 15.3. The van der Waals surface area contributed by atoms with Crippen molar-refractivity contribution in [2.45, 2.75) is 32.2 Å². The molecule has 0 atom stereocenters. The Labute approximate surface area is 122 Å². The molecule has 6 nitrogen and oxygen atoms in total. The smallest absolute Gasteiger partial charge is 0.340 e. The Morgan fingerprint density at radius 3 is 2.45 bits per heavy atom. The quantitative estimate of drug-likeness (QED) is 0.602. The van der Waals surface area contributed by atoms with Crippen LogP contribution in [0.2, 0.25) is 0 Å². The molecule has 20 heavy (non-hydrogen) atoms. The molecule has 0 radical (unpaired) electrons. The van der Waals surface area contributed by atoms with Crippen LogP contribution in [0.4, 0.5) is 0 Å². The van der Waals surface area contributed by atoms with Gasteiger partial charge >= 0.3 is 5.97 Å². The molecule has 0 saturated heterocycles. The standard InChI is InChI=1S/C12H18N2O4S2/c1-4-9-13-8(3)10(12(15)16)11(14-9)19-6-7-20(17,18)5-2/h4-7H2,1-3H3,(H,15,16). The number of thioether (sulfide) groups is 1. The summed E-state index contributed by atoms with van der Waals surface area (Å²) in [4.78, 5) is 19.6. The Morgan fingerprint density at radius 1 is 1.30 bits per heavy atom. The van der Waals surface area contributed by atoms with Crippen LogP contribution in [0.25, 0.3) is 0 Å². The van der Waals surface area contributed by atoms with E-state index >= 15 is 0 Å². The molecule has 0 aromatic carbocycles. The lowest BCUT2D eigenvalue weighted by Gasteiger charge is -2.09. The summed E-state index contributed by atoms with van der Waals surface area (Å²) < 4.78 is 22.9. The van der Waals surface area contributed by atoms with E-state index in [1.807, 2.05) is 6.92 Å². The van der Waals surface area contributed by atoms with Crippen LogP contribution in [0.3, 0.4) is 0 Å². The number of sulfone groups is 1. The lowest BCUT2D eigenvalue weighted by Crippen LogP contribution is -2.13. The molecule has 0 spiro atoms. The van der Waals surface area contributed by atoms with Gasteiger partial charge in [-0.05, 0) is 6.92 Å². The van der Waals surface area contributed by atoms with Gasteiger partial charge in [-0.1, -0.05) is 13.8 Å². The Kier molecular flexibility index (Phi) is 5.94. The van der Waals surface area contributed by atoms with E-state index in [0.29, 0.717) is 23.0 Å². The SMILES string of the molecule is CCc1nc(C)c(C(=O)O)c(SCCS(=O)(=O)CC)n1. The molecule has 1 N–H and O–H groups in total. The minimum absolute atomic E-state index is 0.0116. The van der Waals surface area contributed by atoms with Crippen molar-refractivity contribution in [3.63, 3.8) is 0 Å². The highest BCUT2D eigenvalue weighted by Crippen LogP contribution is 2.23. The first-order valence-corrected chi connectivity index (χ1v) is 9.05.